The number of benzene rings is 11. The van der Waals surface area contributed by atoms with Gasteiger partial charge in [0.1, 0.15) is 22.8 Å². The molecule has 2 aromatic heterocycles. The van der Waals surface area contributed by atoms with E-state index in [-0.39, 0.29) is 29.2 Å². The Bertz CT molecular complexity index is 4770. The van der Waals surface area contributed by atoms with Gasteiger partial charge in [-0.3, -0.25) is 0 Å². The summed E-state index contributed by atoms with van der Waals surface area (Å²) in [6.45, 7) is 13.4. The van der Waals surface area contributed by atoms with Crippen molar-refractivity contribution in [1.29, 1.82) is 0 Å². The van der Waals surface area contributed by atoms with Crippen LogP contribution in [0.15, 0.2) is 268 Å². The van der Waals surface area contributed by atoms with Crippen molar-refractivity contribution >= 4 is 127 Å². The number of para-hydroxylation sites is 3. The van der Waals surface area contributed by atoms with Crippen LogP contribution in [0.2, 0.25) is 0 Å². The molecule has 0 saturated carbocycles. The van der Waals surface area contributed by atoms with Gasteiger partial charge in [-0.2, -0.15) is 10.0 Å². The van der Waals surface area contributed by atoms with Crippen molar-refractivity contribution in [2.24, 2.45) is 0 Å². The minimum atomic E-state index is -2.46. The Labute approximate surface area is 507 Å². The van der Waals surface area contributed by atoms with Crippen LogP contribution in [0.5, 0.6) is 0 Å². The van der Waals surface area contributed by atoms with Crippen molar-refractivity contribution in [2.75, 3.05) is 21.0 Å². The maximum Gasteiger partial charge on any atom is 0.264 e. The smallest absolute Gasteiger partial charge is 0.264 e. The SMILES string of the molecule is CC(C)(C)c1ccc(N(c2ccc3c(c2)N(c2ccccc2)c2cc(S(C)(c4cccc(F)c4)c4cccc(F)c4)cc4c2B3c2sc3ccc(C(C)(C)C)cc3c2N4c2cccc3oc4ccccc4c23)c2ccccc2-c2ccccc2)cc1. The molecule has 2 aliphatic rings. The van der Waals surface area contributed by atoms with E-state index in [0.29, 0.717) is 0 Å². The summed E-state index contributed by atoms with van der Waals surface area (Å²) in [5.74, 6) is -0.694. The molecule has 0 bridgehead atoms. The van der Waals surface area contributed by atoms with Gasteiger partial charge in [-0.1, -0.05) is 169 Å². The Hall–Kier alpha value is -9.15. The Morgan fingerprint density at radius 1 is 0.477 bits per heavy atom. The molecule has 11 aromatic carbocycles. The van der Waals surface area contributed by atoms with Crippen molar-refractivity contribution in [2.45, 2.75) is 67.1 Å². The van der Waals surface area contributed by atoms with E-state index < -0.39 is 10.0 Å². The monoisotopic (exact) mass is 1160 g/mol. The Balaban J connectivity index is 1.09. The Morgan fingerprint density at radius 3 is 1.78 bits per heavy atom. The number of anilines is 9. The highest BCUT2D eigenvalue weighted by Gasteiger charge is 2.47. The van der Waals surface area contributed by atoms with Crippen molar-refractivity contribution in [3.63, 3.8) is 0 Å². The second kappa shape index (κ2) is 20.3. The normalized spacial score (nSPS) is 13.3. The van der Waals surface area contributed by atoms with Crippen LogP contribution in [0.3, 0.4) is 0 Å². The van der Waals surface area contributed by atoms with E-state index in [9.17, 15) is 0 Å². The highest BCUT2D eigenvalue weighted by atomic mass is 32.3. The summed E-state index contributed by atoms with van der Waals surface area (Å²) in [6.07, 6.45) is 2.20. The number of hydrogen-bond donors (Lipinski definition) is 0. The molecule has 0 saturated heterocycles. The van der Waals surface area contributed by atoms with E-state index in [1.807, 2.05) is 35.6 Å². The van der Waals surface area contributed by atoms with Gasteiger partial charge < -0.3 is 19.1 Å². The summed E-state index contributed by atoms with van der Waals surface area (Å²) >= 11 is 1.87. The van der Waals surface area contributed by atoms with Gasteiger partial charge in [0.25, 0.3) is 6.71 Å². The van der Waals surface area contributed by atoms with Gasteiger partial charge in [0, 0.05) is 74.6 Å². The Morgan fingerprint density at radius 2 is 1.08 bits per heavy atom. The first-order valence-corrected chi connectivity index (χ1v) is 32.3. The van der Waals surface area contributed by atoms with Gasteiger partial charge in [0.15, 0.2) is 0 Å². The van der Waals surface area contributed by atoms with Gasteiger partial charge in [-0.05, 0) is 166 Å². The molecule has 0 amide bonds. The number of hydrogen-bond acceptors (Lipinski definition) is 5. The van der Waals surface area contributed by atoms with Crippen LogP contribution in [0, 0.1) is 11.6 Å². The van der Waals surface area contributed by atoms with Gasteiger partial charge >= 0.3 is 0 Å². The summed E-state index contributed by atoms with van der Waals surface area (Å²) in [7, 11) is -2.46. The number of fused-ring (bicyclic) bond motifs is 9. The van der Waals surface area contributed by atoms with Gasteiger partial charge in [-0.15, -0.1) is 11.3 Å². The molecule has 0 N–H and O–H groups in total. The van der Waals surface area contributed by atoms with Crippen LogP contribution >= 0.6 is 21.4 Å². The molecule has 2 aliphatic heterocycles. The molecule has 13 aromatic rings. The number of nitrogens with zero attached hydrogens (tertiary/aromatic N) is 3. The summed E-state index contributed by atoms with van der Waals surface area (Å²) in [5, 5.41) is 3.19. The van der Waals surface area contributed by atoms with Crippen LogP contribution < -0.4 is 30.4 Å². The first kappa shape index (κ1) is 53.6. The lowest BCUT2D eigenvalue weighted by Gasteiger charge is -2.46. The number of halogens is 2. The van der Waals surface area contributed by atoms with Crippen molar-refractivity contribution < 1.29 is 13.2 Å². The van der Waals surface area contributed by atoms with Crippen molar-refractivity contribution in [3.05, 3.63) is 271 Å². The molecule has 86 heavy (non-hydrogen) atoms. The highest BCUT2D eigenvalue weighted by Crippen LogP contribution is 2.67. The first-order chi connectivity index (χ1) is 41.6. The molecule has 0 atom stereocenters. The summed E-state index contributed by atoms with van der Waals surface area (Å²) in [4.78, 5) is 9.91. The maximum absolute atomic E-state index is 16.1. The average Bonchev–Trinajstić information content (AvgIpc) is 1.55. The zero-order valence-corrected chi connectivity index (χ0v) is 50.7. The van der Waals surface area contributed by atoms with Gasteiger partial charge in [0.05, 0.1) is 22.4 Å². The molecule has 0 fully saturated rings. The highest BCUT2D eigenvalue weighted by molar-refractivity contribution is 8.33. The topological polar surface area (TPSA) is 22.9 Å². The molecule has 15 rings (SSSR count). The molecule has 0 aliphatic carbocycles. The lowest BCUT2D eigenvalue weighted by atomic mass is 9.36. The molecule has 0 radical (unpaired) electrons. The average molecular weight is 1160 g/mol. The quantitative estimate of drug-likeness (QED) is 0.134. The van der Waals surface area contributed by atoms with E-state index in [4.69, 9.17) is 4.42 Å². The zero-order chi connectivity index (χ0) is 58.8. The first-order valence-electron chi connectivity index (χ1n) is 29.4. The molecule has 0 spiro atoms. The molecule has 420 valence electrons. The van der Waals surface area contributed by atoms with Crippen LogP contribution in [0.4, 0.5) is 60.0 Å². The molecule has 9 heteroatoms. The third-order valence-electron chi connectivity index (χ3n) is 17.6. The largest absolute Gasteiger partial charge is 0.456 e. The van der Waals surface area contributed by atoms with E-state index in [1.54, 1.807) is 24.3 Å². The molecule has 4 heterocycles. The lowest BCUT2D eigenvalue weighted by Crippen LogP contribution is -2.60. The van der Waals surface area contributed by atoms with Crippen LogP contribution in [-0.2, 0) is 10.8 Å². The number of furan rings is 1. The van der Waals surface area contributed by atoms with E-state index in [2.05, 4.69) is 251 Å². The predicted octanol–water partition coefficient (Wildman–Crippen LogP) is 20.8. The minimum Gasteiger partial charge on any atom is -0.456 e. The fraction of sp³-hybridized carbons (Fsp3) is 0.117. The van der Waals surface area contributed by atoms with Crippen LogP contribution in [0.25, 0.3) is 43.2 Å². The van der Waals surface area contributed by atoms with E-state index in [1.165, 1.54) is 38.2 Å². The van der Waals surface area contributed by atoms with Crippen molar-refractivity contribution in [3.8, 4) is 11.1 Å². The maximum atomic E-state index is 16.1. The minimum absolute atomic E-state index is 0.0479. The van der Waals surface area contributed by atoms with Gasteiger partial charge in [-0.25, -0.2) is 8.78 Å². The summed E-state index contributed by atoms with van der Waals surface area (Å²) in [6, 6.07) is 86.7. The third kappa shape index (κ3) is 8.68. The third-order valence-corrected chi connectivity index (χ3v) is 22.4. The second-order valence-electron chi connectivity index (χ2n) is 24.9. The summed E-state index contributed by atoms with van der Waals surface area (Å²) < 4.78 is 41.4. The predicted molar refractivity (Wildman–Crippen MR) is 362 cm³/mol. The second-order valence-corrected chi connectivity index (χ2v) is 29.3. The van der Waals surface area contributed by atoms with E-state index >= 15 is 8.78 Å². The van der Waals surface area contributed by atoms with Crippen LogP contribution in [0.1, 0.15) is 52.7 Å². The fourth-order valence-corrected chi connectivity index (χ4v) is 17.5. The zero-order valence-electron chi connectivity index (χ0n) is 49.1. The molecule has 0 unspecified atom stereocenters. The van der Waals surface area contributed by atoms with E-state index in [0.717, 1.165) is 110 Å². The molecule has 4 nitrogen and oxygen atoms in total. The van der Waals surface area contributed by atoms with Crippen molar-refractivity contribution in [1.82, 2.24) is 0 Å². The number of rotatable bonds is 9. The number of thiophene rings is 1. The Kier molecular flexibility index (Phi) is 12.6. The lowest BCUT2D eigenvalue weighted by molar-refractivity contribution is 0.590. The van der Waals surface area contributed by atoms with Crippen LogP contribution in [-0.4, -0.2) is 13.0 Å². The molecular weight excluding hydrogens is 1100 g/mol. The van der Waals surface area contributed by atoms with Gasteiger partial charge in [0.2, 0.25) is 0 Å². The molecular formula is C77H62BF2N3OS2. The standard InChI is InChI=1S/C77H62BF2N3OS2/c1-76(2,3)50-35-38-55(39-36-50)81(64-31-16-14-29-60(64)49-21-10-8-11-22-49)56-40-41-63-66(46-56)82(54-25-12-9-13-26-54)67-47-59(86(7,57-27-18-23-52(79)44-57)58-28-19-24-53(80)45-58)48-68-73(67)78(63)75-74(62-43-51(77(4,5)6)37-42-71(62)85-75)83(68)65-32-20-34-70-72(65)61-30-15-17-33-69(61)84-70/h8-48H,1-7H3. The fourth-order valence-electron chi connectivity index (χ4n) is 13.2. The summed E-state index contributed by atoms with van der Waals surface area (Å²) in [5.41, 5.74) is 17.6.